The van der Waals surface area contributed by atoms with Gasteiger partial charge in [-0.1, -0.05) is 12.1 Å². The number of nitrogens with zero attached hydrogens (tertiary/aromatic N) is 1. The fourth-order valence-corrected chi connectivity index (χ4v) is 3.34. The molecule has 1 aromatic heterocycles. The van der Waals surface area contributed by atoms with Crippen LogP contribution in [0.5, 0.6) is 0 Å². The maximum Gasteiger partial charge on any atom is 0.390 e. The molecule has 1 heterocycles. The van der Waals surface area contributed by atoms with Crippen LogP contribution in [0.3, 0.4) is 0 Å². The number of nitrogens with one attached hydrogen (secondary N) is 1. The Morgan fingerprint density at radius 2 is 1.96 bits per heavy atom. The molecule has 5 nitrogen and oxygen atoms in total. The molecule has 0 spiro atoms. The second-order valence-electron chi connectivity index (χ2n) is 5.18. The lowest BCUT2D eigenvalue weighted by Gasteiger charge is -2.10. The van der Waals surface area contributed by atoms with Gasteiger partial charge in [0, 0.05) is 18.6 Å². The summed E-state index contributed by atoms with van der Waals surface area (Å²) in [6, 6.07) is 6.94. The van der Waals surface area contributed by atoms with Crippen LogP contribution in [0.2, 0.25) is 0 Å². The minimum Gasteiger partial charge on any atom is -0.349 e. The van der Waals surface area contributed by atoms with Crippen molar-refractivity contribution in [3.8, 4) is 0 Å². The monoisotopic (exact) mass is 348 g/mol. The predicted octanol–water partition coefficient (Wildman–Crippen LogP) is 2.48. The highest BCUT2D eigenvalue weighted by Gasteiger charge is 2.30. The van der Waals surface area contributed by atoms with Crippen LogP contribution in [0.4, 0.5) is 18.9 Å². The van der Waals surface area contributed by atoms with Crippen LogP contribution in [-0.2, 0) is 21.7 Å². The number of hydrogen-bond acceptors (Lipinski definition) is 3. The standard InChI is InChI=1S/C14H15F3N2O3S/c1-19-7-5-10-3-2-4-11(13(10)19)18-12(20)9-23(21,22)8-6-14(15,16)17/h2-5,7H,6,8-9H2,1H3,(H,18,20). The molecule has 1 amide bonds. The van der Waals surface area contributed by atoms with Crippen molar-refractivity contribution in [2.75, 3.05) is 16.8 Å². The fourth-order valence-electron chi connectivity index (χ4n) is 2.19. The third kappa shape index (κ3) is 4.72. The van der Waals surface area contributed by atoms with Gasteiger partial charge in [0.15, 0.2) is 9.84 Å². The zero-order chi connectivity index (χ0) is 17.3. The van der Waals surface area contributed by atoms with Gasteiger partial charge in [0.05, 0.1) is 23.4 Å². The molecule has 0 saturated carbocycles. The minimum absolute atomic E-state index is 0.408. The van der Waals surface area contributed by atoms with Crippen molar-refractivity contribution in [2.45, 2.75) is 12.6 Å². The Morgan fingerprint density at radius 3 is 2.61 bits per heavy atom. The average Bonchev–Trinajstić information content (AvgIpc) is 2.78. The number of amides is 1. The lowest BCUT2D eigenvalue weighted by atomic mass is 10.2. The van der Waals surface area contributed by atoms with E-state index >= 15 is 0 Å². The Balaban J connectivity index is 2.08. The van der Waals surface area contributed by atoms with Crippen molar-refractivity contribution >= 4 is 32.3 Å². The van der Waals surface area contributed by atoms with E-state index in [1.165, 1.54) is 0 Å². The Bertz CT molecular complexity index is 825. The van der Waals surface area contributed by atoms with E-state index in [9.17, 15) is 26.4 Å². The smallest absolute Gasteiger partial charge is 0.349 e. The summed E-state index contributed by atoms with van der Waals surface area (Å²) in [6.07, 6.45) is -4.26. The normalized spacial score (nSPS) is 12.5. The average molecular weight is 348 g/mol. The maximum atomic E-state index is 12.1. The number of aryl methyl sites for hydroxylation is 1. The van der Waals surface area contributed by atoms with E-state index in [4.69, 9.17) is 0 Å². The fraction of sp³-hybridized carbons (Fsp3) is 0.357. The van der Waals surface area contributed by atoms with Gasteiger partial charge in [-0.2, -0.15) is 13.2 Å². The molecule has 1 aromatic carbocycles. The molecule has 0 aliphatic heterocycles. The van der Waals surface area contributed by atoms with Crippen LogP contribution in [0, 0.1) is 0 Å². The SMILES string of the molecule is Cn1ccc2cccc(NC(=O)CS(=O)(=O)CCC(F)(F)F)c21. The summed E-state index contributed by atoms with van der Waals surface area (Å²) in [4.78, 5) is 11.8. The highest BCUT2D eigenvalue weighted by atomic mass is 32.2. The third-order valence-corrected chi connectivity index (χ3v) is 4.75. The van der Waals surface area contributed by atoms with Crippen LogP contribution >= 0.6 is 0 Å². The first-order valence-corrected chi connectivity index (χ1v) is 8.51. The summed E-state index contributed by atoms with van der Waals surface area (Å²) in [5, 5.41) is 3.30. The minimum atomic E-state index is -4.57. The molecule has 2 aromatic rings. The molecule has 1 N–H and O–H groups in total. The number of para-hydroxylation sites is 1. The number of anilines is 1. The highest BCUT2D eigenvalue weighted by molar-refractivity contribution is 7.92. The Labute approximate surface area is 131 Å². The number of rotatable bonds is 5. The van der Waals surface area contributed by atoms with Gasteiger partial charge in [0.1, 0.15) is 5.75 Å². The molecule has 0 unspecified atom stereocenters. The quantitative estimate of drug-likeness (QED) is 0.903. The molecule has 2 rings (SSSR count). The van der Waals surface area contributed by atoms with Crippen LogP contribution in [-0.4, -0.2) is 36.6 Å². The molecule has 0 atom stereocenters. The summed E-state index contributed by atoms with van der Waals surface area (Å²) in [7, 11) is -2.36. The van der Waals surface area contributed by atoms with Crippen molar-refractivity contribution < 1.29 is 26.4 Å². The van der Waals surface area contributed by atoms with E-state index < -0.39 is 39.8 Å². The van der Waals surface area contributed by atoms with Crippen LogP contribution in [0.1, 0.15) is 6.42 Å². The number of hydrogen-bond donors (Lipinski definition) is 1. The van der Waals surface area contributed by atoms with Crippen molar-refractivity contribution in [2.24, 2.45) is 7.05 Å². The highest BCUT2D eigenvalue weighted by Crippen LogP contribution is 2.24. The van der Waals surface area contributed by atoms with Crippen molar-refractivity contribution in [1.82, 2.24) is 4.57 Å². The summed E-state index contributed by atoms with van der Waals surface area (Å²) in [5.41, 5.74) is 1.11. The van der Waals surface area contributed by atoms with Gasteiger partial charge in [0.2, 0.25) is 5.91 Å². The van der Waals surface area contributed by atoms with E-state index in [0.29, 0.717) is 11.2 Å². The zero-order valence-electron chi connectivity index (χ0n) is 12.2. The molecule has 0 fully saturated rings. The van der Waals surface area contributed by atoms with Crippen molar-refractivity contribution in [3.05, 3.63) is 30.5 Å². The molecule has 0 aliphatic rings. The predicted molar refractivity (Wildman–Crippen MR) is 80.9 cm³/mol. The first-order chi connectivity index (χ1) is 10.6. The van der Waals surface area contributed by atoms with E-state index in [-0.39, 0.29) is 0 Å². The third-order valence-electron chi connectivity index (χ3n) is 3.22. The van der Waals surface area contributed by atoms with Gasteiger partial charge in [-0.05, 0) is 12.1 Å². The second kappa shape index (κ2) is 6.23. The molecule has 0 saturated heterocycles. The van der Waals surface area contributed by atoms with E-state index in [1.54, 1.807) is 29.9 Å². The number of sulfone groups is 1. The molecule has 23 heavy (non-hydrogen) atoms. The van der Waals surface area contributed by atoms with Crippen LogP contribution in [0.15, 0.2) is 30.5 Å². The van der Waals surface area contributed by atoms with Crippen molar-refractivity contribution in [3.63, 3.8) is 0 Å². The van der Waals surface area contributed by atoms with Gasteiger partial charge in [-0.15, -0.1) is 0 Å². The van der Waals surface area contributed by atoms with Crippen molar-refractivity contribution in [1.29, 1.82) is 0 Å². The summed E-state index contributed by atoms with van der Waals surface area (Å²) in [6.45, 7) is 0. The van der Waals surface area contributed by atoms with E-state index in [2.05, 4.69) is 5.32 Å². The number of carbonyl (C=O) groups excluding carboxylic acids is 1. The van der Waals surface area contributed by atoms with Crippen LogP contribution < -0.4 is 5.32 Å². The molecule has 126 valence electrons. The van der Waals surface area contributed by atoms with E-state index in [0.717, 1.165) is 5.39 Å². The number of carbonyl (C=O) groups is 1. The number of benzene rings is 1. The second-order valence-corrected chi connectivity index (χ2v) is 7.36. The van der Waals surface area contributed by atoms with Gasteiger partial charge in [0.25, 0.3) is 0 Å². The number of halogens is 3. The molecule has 9 heteroatoms. The van der Waals surface area contributed by atoms with Gasteiger partial charge < -0.3 is 9.88 Å². The molecular weight excluding hydrogens is 333 g/mol. The van der Waals surface area contributed by atoms with E-state index in [1.807, 2.05) is 12.1 Å². The molecule has 0 bridgehead atoms. The van der Waals surface area contributed by atoms with Gasteiger partial charge in [-0.3, -0.25) is 4.79 Å². The van der Waals surface area contributed by atoms with Gasteiger partial charge >= 0.3 is 6.18 Å². The molecular formula is C14H15F3N2O3S. The Morgan fingerprint density at radius 1 is 1.26 bits per heavy atom. The Kier molecular flexibility index (Phi) is 4.69. The number of fused-ring (bicyclic) bond motifs is 1. The zero-order valence-corrected chi connectivity index (χ0v) is 13.0. The number of aromatic nitrogens is 1. The maximum absolute atomic E-state index is 12.1. The summed E-state index contributed by atoms with van der Waals surface area (Å²) in [5.74, 6) is -2.94. The van der Waals surface area contributed by atoms with Gasteiger partial charge in [-0.25, -0.2) is 8.42 Å². The topological polar surface area (TPSA) is 68.2 Å². The molecule has 0 radical (unpaired) electrons. The molecule has 0 aliphatic carbocycles. The summed E-state index contributed by atoms with van der Waals surface area (Å²) >= 11 is 0. The lowest BCUT2D eigenvalue weighted by molar-refractivity contribution is -0.130. The summed E-state index contributed by atoms with van der Waals surface area (Å²) < 4.78 is 61.2. The first-order valence-electron chi connectivity index (χ1n) is 6.68. The lowest BCUT2D eigenvalue weighted by Crippen LogP contribution is -2.26. The largest absolute Gasteiger partial charge is 0.390 e. The number of alkyl halides is 3. The Hall–Kier alpha value is -2.03. The van der Waals surface area contributed by atoms with Crippen LogP contribution in [0.25, 0.3) is 10.9 Å². The first kappa shape index (κ1) is 17.3.